The molecule has 1 rings (SSSR count). The van der Waals surface area contributed by atoms with Gasteiger partial charge in [-0.25, -0.2) is 8.42 Å². The van der Waals surface area contributed by atoms with E-state index in [1.807, 2.05) is 26.8 Å². The molecule has 1 aromatic rings. The van der Waals surface area contributed by atoms with E-state index in [-0.39, 0.29) is 17.5 Å². The second kappa shape index (κ2) is 6.70. The first kappa shape index (κ1) is 17.1. The van der Waals surface area contributed by atoms with Gasteiger partial charge in [0.15, 0.2) is 0 Å². The summed E-state index contributed by atoms with van der Waals surface area (Å²) in [4.78, 5) is 0.289. The first-order valence-corrected chi connectivity index (χ1v) is 8.38. The maximum Gasteiger partial charge on any atom is 0.243 e. The van der Waals surface area contributed by atoms with Gasteiger partial charge in [-0.1, -0.05) is 19.4 Å². The van der Waals surface area contributed by atoms with Gasteiger partial charge in [-0.3, -0.25) is 0 Å². The fraction of sp³-hybridized carbons (Fsp3) is 0.600. The molecule has 1 aromatic carbocycles. The van der Waals surface area contributed by atoms with Crippen LogP contribution in [0.5, 0.6) is 0 Å². The lowest BCUT2D eigenvalue weighted by molar-refractivity contribution is 0.280. The Morgan fingerprint density at radius 2 is 1.85 bits per heavy atom. The van der Waals surface area contributed by atoms with Crippen molar-refractivity contribution in [3.05, 3.63) is 28.8 Å². The van der Waals surface area contributed by atoms with Gasteiger partial charge in [-0.05, 0) is 49.9 Å². The molecule has 114 valence electrons. The molecule has 0 saturated carbocycles. The average Bonchev–Trinajstić information content (AvgIpc) is 2.37. The maximum absolute atomic E-state index is 12.7. The van der Waals surface area contributed by atoms with Crippen molar-refractivity contribution in [2.75, 3.05) is 7.05 Å². The second-order valence-electron chi connectivity index (χ2n) is 5.36. The molecule has 1 atom stereocenters. The van der Waals surface area contributed by atoms with Gasteiger partial charge in [-0.15, -0.1) is 0 Å². The largest absolute Gasteiger partial charge is 0.392 e. The molecule has 0 aromatic heterocycles. The summed E-state index contributed by atoms with van der Waals surface area (Å²) in [6, 6.07) is 3.37. The van der Waals surface area contributed by atoms with Crippen LogP contribution in [0, 0.1) is 13.8 Å². The lowest BCUT2D eigenvalue weighted by atomic mass is 10.1. The summed E-state index contributed by atoms with van der Waals surface area (Å²) in [6.45, 7) is 7.47. The van der Waals surface area contributed by atoms with Gasteiger partial charge in [-0.2, -0.15) is 4.31 Å². The third-order valence-electron chi connectivity index (χ3n) is 3.79. The minimum absolute atomic E-state index is 0.0386. The van der Waals surface area contributed by atoms with Crippen molar-refractivity contribution in [3.8, 4) is 0 Å². The van der Waals surface area contributed by atoms with Crippen LogP contribution in [-0.4, -0.2) is 30.9 Å². The highest BCUT2D eigenvalue weighted by atomic mass is 32.2. The van der Waals surface area contributed by atoms with Crippen molar-refractivity contribution in [3.63, 3.8) is 0 Å². The van der Waals surface area contributed by atoms with E-state index < -0.39 is 10.0 Å². The predicted octanol–water partition coefficient (Wildman–Crippen LogP) is 2.60. The molecule has 1 N–H and O–H groups in total. The summed E-state index contributed by atoms with van der Waals surface area (Å²) in [5.74, 6) is 0. The first-order valence-electron chi connectivity index (χ1n) is 6.94. The molecule has 0 bridgehead atoms. The SMILES string of the molecule is CCCC(C)N(C)S(=O)(=O)c1cc(CO)c(C)cc1C. The van der Waals surface area contributed by atoms with Crippen molar-refractivity contribution in [2.45, 2.75) is 58.1 Å². The highest BCUT2D eigenvalue weighted by Crippen LogP contribution is 2.25. The predicted molar refractivity (Wildman–Crippen MR) is 81.2 cm³/mol. The smallest absolute Gasteiger partial charge is 0.243 e. The Hall–Kier alpha value is -0.910. The molecule has 4 nitrogen and oxygen atoms in total. The molecule has 0 radical (unpaired) electrons. The number of benzene rings is 1. The van der Waals surface area contributed by atoms with Crippen molar-refractivity contribution in [1.82, 2.24) is 4.31 Å². The van der Waals surface area contributed by atoms with Crippen LogP contribution in [0.4, 0.5) is 0 Å². The van der Waals surface area contributed by atoms with Gasteiger partial charge < -0.3 is 5.11 Å². The summed E-state index contributed by atoms with van der Waals surface area (Å²) in [7, 11) is -1.90. The molecular weight excluding hydrogens is 274 g/mol. The van der Waals surface area contributed by atoms with E-state index in [2.05, 4.69) is 0 Å². The van der Waals surface area contributed by atoms with Crippen molar-refractivity contribution in [2.24, 2.45) is 0 Å². The lowest BCUT2D eigenvalue weighted by Crippen LogP contribution is -2.35. The van der Waals surface area contributed by atoms with Crippen LogP contribution in [0.25, 0.3) is 0 Å². The summed E-state index contributed by atoms with van der Waals surface area (Å²) >= 11 is 0. The van der Waals surface area contributed by atoms with Crippen molar-refractivity contribution >= 4 is 10.0 Å². The number of aryl methyl sites for hydroxylation is 2. The quantitative estimate of drug-likeness (QED) is 0.878. The number of aliphatic hydroxyl groups is 1. The van der Waals surface area contributed by atoms with Gasteiger partial charge in [0.05, 0.1) is 11.5 Å². The molecule has 0 aliphatic heterocycles. The minimum atomic E-state index is -3.52. The summed E-state index contributed by atoms with van der Waals surface area (Å²) < 4.78 is 26.8. The normalized spacial score (nSPS) is 13.8. The van der Waals surface area contributed by atoms with E-state index >= 15 is 0 Å². The van der Waals surface area contributed by atoms with Crippen molar-refractivity contribution < 1.29 is 13.5 Å². The number of aliphatic hydroxyl groups excluding tert-OH is 1. The van der Waals surface area contributed by atoms with E-state index in [4.69, 9.17) is 0 Å². The second-order valence-corrected chi connectivity index (χ2v) is 7.33. The molecule has 0 fully saturated rings. The Bertz CT molecular complexity index is 567. The minimum Gasteiger partial charge on any atom is -0.392 e. The number of nitrogens with zero attached hydrogens (tertiary/aromatic N) is 1. The Balaban J connectivity index is 3.28. The number of hydrogen-bond acceptors (Lipinski definition) is 3. The zero-order valence-corrected chi connectivity index (χ0v) is 13.8. The van der Waals surface area contributed by atoms with Crippen LogP contribution in [0.3, 0.4) is 0 Å². The molecule has 0 heterocycles. The number of sulfonamides is 1. The van der Waals surface area contributed by atoms with Crippen LogP contribution in [0.1, 0.15) is 43.4 Å². The third-order valence-corrected chi connectivity index (χ3v) is 5.90. The topological polar surface area (TPSA) is 57.6 Å². The molecule has 0 aliphatic carbocycles. The van der Waals surface area contributed by atoms with Gasteiger partial charge in [0.25, 0.3) is 0 Å². The fourth-order valence-electron chi connectivity index (χ4n) is 2.31. The maximum atomic E-state index is 12.7. The monoisotopic (exact) mass is 299 g/mol. The Morgan fingerprint density at radius 1 is 1.25 bits per heavy atom. The fourth-order valence-corrected chi connectivity index (χ4v) is 3.96. The Kier molecular flexibility index (Phi) is 5.74. The van der Waals surface area contributed by atoms with E-state index in [1.165, 1.54) is 4.31 Å². The highest BCUT2D eigenvalue weighted by Gasteiger charge is 2.27. The van der Waals surface area contributed by atoms with Gasteiger partial charge in [0.1, 0.15) is 0 Å². The molecule has 20 heavy (non-hydrogen) atoms. The van der Waals surface area contributed by atoms with Gasteiger partial charge in [0, 0.05) is 13.1 Å². The molecule has 0 spiro atoms. The summed E-state index contributed by atoms with van der Waals surface area (Å²) in [5.41, 5.74) is 2.29. The van der Waals surface area contributed by atoms with Gasteiger partial charge in [0.2, 0.25) is 10.0 Å². The Labute approximate surface area is 122 Å². The highest BCUT2D eigenvalue weighted by molar-refractivity contribution is 7.89. The summed E-state index contributed by atoms with van der Waals surface area (Å²) in [6.07, 6.45) is 1.77. The zero-order chi connectivity index (χ0) is 15.5. The number of hydrogen-bond donors (Lipinski definition) is 1. The molecule has 1 unspecified atom stereocenters. The van der Waals surface area contributed by atoms with Gasteiger partial charge >= 0.3 is 0 Å². The number of rotatable bonds is 6. The third kappa shape index (κ3) is 3.40. The van der Waals surface area contributed by atoms with Crippen LogP contribution in [-0.2, 0) is 16.6 Å². The van der Waals surface area contributed by atoms with Crippen LogP contribution in [0.2, 0.25) is 0 Å². The van der Waals surface area contributed by atoms with Crippen LogP contribution in [0.15, 0.2) is 17.0 Å². The van der Waals surface area contributed by atoms with Crippen molar-refractivity contribution in [1.29, 1.82) is 0 Å². The Morgan fingerprint density at radius 3 is 2.35 bits per heavy atom. The molecule has 5 heteroatoms. The standard InChI is InChI=1S/C15H25NO3S/c1-6-7-13(4)16(5)20(18,19)15-9-14(10-17)11(2)8-12(15)3/h8-9,13,17H,6-7,10H2,1-5H3. The molecular formula is C15H25NO3S. The molecule has 0 amide bonds. The first-order chi connectivity index (χ1) is 9.25. The average molecular weight is 299 g/mol. The van der Waals surface area contributed by atoms with E-state index in [1.54, 1.807) is 20.0 Å². The summed E-state index contributed by atoms with van der Waals surface area (Å²) in [5, 5.41) is 9.32. The zero-order valence-electron chi connectivity index (χ0n) is 13.0. The lowest BCUT2D eigenvalue weighted by Gasteiger charge is -2.25. The van der Waals surface area contributed by atoms with E-state index in [0.717, 1.165) is 24.0 Å². The molecule has 0 saturated heterocycles. The van der Waals surface area contributed by atoms with E-state index in [9.17, 15) is 13.5 Å². The van der Waals surface area contributed by atoms with Crippen LogP contribution >= 0.6 is 0 Å². The van der Waals surface area contributed by atoms with Crippen LogP contribution < -0.4 is 0 Å². The molecule has 0 aliphatic rings. The van der Waals surface area contributed by atoms with E-state index in [0.29, 0.717) is 5.56 Å².